The third-order valence-electron chi connectivity index (χ3n) is 3.84. The molecule has 1 unspecified atom stereocenters. The van der Waals surface area contributed by atoms with E-state index in [1.165, 1.54) is 0 Å². The number of carbonyl (C=O) groups excluding carboxylic acids is 1. The second-order valence-electron chi connectivity index (χ2n) is 5.40. The number of benzene rings is 1. The van der Waals surface area contributed by atoms with Crippen LogP contribution in [0, 0.1) is 12.3 Å². The molecule has 4 nitrogen and oxygen atoms in total. The molecule has 0 fully saturated rings. The number of carbonyl (C=O) groups is 1. The molecule has 0 aliphatic rings. The van der Waals surface area contributed by atoms with Gasteiger partial charge in [0, 0.05) is 23.2 Å². The number of nitrogens with one attached hydrogen (secondary N) is 1. The molecule has 0 saturated carbocycles. The van der Waals surface area contributed by atoms with E-state index in [4.69, 9.17) is 5.73 Å². The molecule has 0 aliphatic heterocycles. The van der Waals surface area contributed by atoms with Crippen LogP contribution in [-0.4, -0.2) is 17.4 Å². The molecule has 1 amide bonds. The third kappa shape index (κ3) is 3.49. The average molecular weight is 303 g/mol. The molecule has 0 bridgehead atoms. The Morgan fingerprint density at radius 1 is 1.38 bits per heavy atom. The van der Waals surface area contributed by atoms with Gasteiger partial charge in [-0.2, -0.15) is 0 Å². The molecule has 0 radical (unpaired) electrons. The predicted molar refractivity (Wildman–Crippen MR) is 88.4 cm³/mol. The van der Waals surface area contributed by atoms with Gasteiger partial charge in [-0.05, 0) is 32.4 Å². The Hall–Kier alpha value is -1.72. The van der Waals surface area contributed by atoms with Crippen molar-refractivity contribution in [2.75, 3.05) is 11.9 Å². The summed E-state index contributed by atoms with van der Waals surface area (Å²) in [6.45, 7) is 6.18. The predicted octanol–water partition coefficient (Wildman–Crippen LogP) is 3.43. The number of nitrogens with zero attached hydrogens (tertiary/aromatic N) is 1. The Morgan fingerprint density at radius 3 is 2.52 bits per heavy atom. The quantitative estimate of drug-likeness (QED) is 0.889. The van der Waals surface area contributed by atoms with Crippen molar-refractivity contribution in [1.82, 2.24) is 4.98 Å². The Kier molecular flexibility index (Phi) is 4.75. The fourth-order valence-electron chi connectivity index (χ4n) is 1.90. The van der Waals surface area contributed by atoms with Crippen molar-refractivity contribution in [2.24, 2.45) is 11.1 Å². The number of aromatic nitrogens is 1. The molecule has 5 heteroatoms. The third-order valence-corrected chi connectivity index (χ3v) is 4.61. The van der Waals surface area contributed by atoms with Crippen LogP contribution in [0.5, 0.6) is 0 Å². The van der Waals surface area contributed by atoms with Crippen LogP contribution in [0.2, 0.25) is 0 Å². The zero-order valence-electron chi connectivity index (χ0n) is 12.6. The molecule has 1 aromatic carbocycles. The minimum atomic E-state index is -0.523. The lowest BCUT2D eigenvalue weighted by Gasteiger charge is -2.24. The second kappa shape index (κ2) is 6.37. The molecule has 0 saturated heterocycles. The van der Waals surface area contributed by atoms with Crippen LogP contribution in [0.3, 0.4) is 0 Å². The molecule has 2 rings (SSSR count). The maximum absolute atomic E-state index is 12.3. The summed E-state index contributed by atoms with van der Waals surface area (Å²) in [5, 5.41) is 6.01. The van der Waals surface area contributed by atoms with Crippen molar-refractivity contribution in [3.8, 4) is 11.3 Å². The highest BCUT2D eigenvalue weighted by Crippen LogP contribution is 2.25. The number of hydrogen-bond donors (Lipinski definition) is 2. The molecule has 3 N–H and O–H groups in total. The Bertz CT molecular complexity index is 615. The van der Waals surface area contributed by atoms with Gasteiger partial charge in [0.2, 0.25) is 5.91 Å². The number of thiazole rings is 1. The van der Waals surface area contributed by atoms with Gasteiger partial charge in [0.25, 0.3) is 0 Å². The van der Waals surface area contributed by atoms with Crippen LogP contribution in [0.4, 0.5) is 5.69 Å². The van der Waals surface area contributed by atoms with E-state index in [0.29, 0.717) is 13.0 Å². The SMILES string of the molecule is CCC(C)(CN)C(=O)Nc1ccc(-c2csc(C)n2)cc1. The molecule has 1 atom stereocenters. The first-order valence-electron chi connectivity index (χ1n) is 7.02. The highest BCUT2D eigenvalue weighted by atomic mass is 32.1. The zero-order valence-corrected chi connectivity index (χ0v) is 13.5. The van der Waals surface area contributed by atoms with Gasteiger partial charge in [0.15, 0.2) is 0 Å². The largest absolute Gasteiger partial charge is 0.329 e. The Labute approximate surface area is 129 Å². The first-order chi connectivity index (χ1) is 9.98. The van der Waals surface area contributed by atoms with Crippen molar-refractivity contribution in [3.63, 3.8) is 0 Å². The molecule has 0 aliphatic carbocycles. The summed E-state index contributed by atoms with van der Waals surface area (Å²) in [6, 6.07) is 7.73. The number of anilines is 1. The van der Waals surface area contributed by atoms with E-state index in [2.05, 4.69) is 10.3 Å². The monoisotopic (exact) mass is 303 g/mol. The number of aryl methyl sites for hydroxylation is 1. The Balaban J connectivity index is 2.11. The number of hydrogen-bond acceptors (Lipinski definition) is 4. The molecule has 112 valence electrons. The molecular weight excluding hydrogens is 282 g/mol. The molecular formula is C16H21N3OS. The van der Waals surface area contributed by atoms with Crippen LogP contribution in [-0.2, 0) is 4.79 Å². The number of amides is 1. The van der Waals surface area contributed by atoms with E-state index >= 15 is 0 Å². The lowest BCUT2D eigenvalue weighted by Crippen LogP contribution is -2.39. The van der Waals surface area contributed by atoms with Gasteiger partial charge in [0.05, 0.1) is 16.1 Å². The van der Waals surface area contributed by atoms with Crippen LogP contribution in [0.25, 0.3) is 11.3 Å². The zero-order chi connectivity index (χ0) is 15.5. The van der Waals surface area contributed by atoms with Crippen molar-refractivity contribution in [2.45, 2.75) is 27.2 Å². The molecule has 1 aromatic heterocycles. The van der Waals surface area contributed by atoms with E-state index in [0.717, 1.165) is 22.0 Å². The van der Waals surface area contributed by atoms with E-state index in [-0.39, 0.29) is 5.91 Å². The van der Waals surface area contributed by atoms with Crippen LogP contribution in [0.1, 0.15) is 25.3 Å². The lowest BCUT2D eigenvalue weighted by molar-refractivity contribution is -0.124. The summed E-state index contributed by atoms with van der Waals surface area (Å²) in [6.07, 6.45) is 0.714. The smallest absolute Gasteiger partial charge is 0.231 e. The molecule has 0 spiro atoms. The van der Waals surface area contributed by atoms with E-state index in [1.54, 1.807) is 11.3 Å². The van der Waals surface area contributed by atoms with Gasteiger partial charge in [-0.1, -0.05) is 19.1 Å². The molecule has 21 heavy (non-hydrogen) atoms. The second-order valence-corrected chi connectivity index (χ2v) is 6.46. The van der Waals surface area contributed by atoms with Gasteiger partial charge in [0.1, 0.15) is 0 Å². The van der Waals surface area contributed by atoms with Gasteiger partial charge in [-0.3, -0.25) is 4.79 Å². The highest BCUT2D eigenvalue weighted by Gasteiger charge is 2.29. The normalized spacial score (nSPS) is 13.7. The van der Waals surface area contributed by atoms with Gasteiger partial charge in [-0.15, -0.1) is 11.3 Å². The van der Waals surface area contributed by atoms with Crippen molar-refractivity contribution >= 4 is 22.9 Å². The van der Waals surface area contributed by atoms with Crippen molar-refractivity contribution in [1.29, 1.82) is 0 Å². The topological polar surface area (TPSA) is 68.0 Å². The summed E-state index contributed by atoms with van der Waals surface area (Å²) < 4.78 is 0. The van der Waals surface area contributed by atoms with Gasteiger partial charge >= 0.3 is 0 Å². The molecule has 1 heterocycles. The maximum Gasteiger partial charge on any atom is 0.231 e. The lowest BCUT2D eigenvalue weighted by atomic mass is 9.86. The summed E-state index contributed by atoms with van der Waals surface area (Å²) in [4.78, 5) is 16.7. The van der Waals surface area contributed by atoms with Crippen LogP contribution >= 0.6 is 11.3 Å². The van der Waals surface area contributed by atoms with E-state index < -0.39 is 5.41 Å². The first-order valence-corrected chi connectivity index (χ1v) is 7.90. The van der Waals surface area contributed by atoms with E-state index in [1.807, 2.05) is 50.4 Å². The standard InChI is InChI=1S/C16H21N3OS/c1-4-16(3,10-17)15(20)19-13-7-5-12(6-8-13)14-9-21-11(2)18-14/h5-9H,4,10,17H2,1-3H3,(H,19,20). The minimum Gasteiger partial charge on any atom is -0.329 e. The van der Waals surface area contributed by atoms with Crippen molar-refractivity contribution in [3.05, 3.63) is 34.7 Å². The number of nitrogens with two attached hydrogens (primary N) is 1. The highest BCUT2D eigenvalue weighted by molar-refractivity contribution is 7.09. The maximum atomic E-state index is 12.3. The summed E-state index contributed by atoms with van der Waals surface area (Å²) in [5.41, 5.74) is 7.98. The number of rotatable bonds is 5. The van der Waals surface area contributed by atoms with Crippen LogP contribution in [0.15, 0.2) is 29.6 Å². The molecule has 2 aromatic rings. The first kappa shape index (κ1) is 15.7. The van der Waals surface area contributed by atoms with Gasteiger partial charge < -0.3 is 11.1 Å². The van der Waals surface area contributed by atoms with E-state index in [9.17, 15) is 4.79 Å². The van der Waals surface area contributed by atoms with Crippen molar-refractivity contribution < 1.29 is 4.79 Å². The summed E-state index contributed by atoms with van der Waals surface area (Å²) in [7, 11) is 0. The average Bonchev–Trinajstić information content (AvgIpc) is 2.93. The van der Waals surface area contributed by atoms with Crippen LogP contribution < -0.4 is 11.1 Å². The summed E-state index contributed by atoms with van der Waals surface area (Å²) >= 11 is 1.63. The summed E-state index contributed by atoms with van der Waals surface area (Å²) in [5.74, 6) is -0.0373. The fraction of sp³-hybridized carbons (Fsp3) is 0.375. The fourth-order valence-corrected chi connectivity index (χ4v) is 2.52. The minimum absolute atomic E-state index is 0.0373. The van der Waals surface area contributed by atoms with Gasteiger partial charge in [-0.25, -0.2) is 4.98 Å². The Morgan fingerprint density at radius 2 is 2.05 bits per heavy atom.